The van der Waals surface area contributed by atoms with Crippen LogP contribution in [0.2, 0.25) is 0 Å². The van der Waals surface area contributed by atoms with E-state index in [9.17, 15) is 8.42 Å². The first-order chi connectivity index (χ1) is 6.99. The molecule has 1 aromatic rings. The molecule has 1 rings (SSSR count). The molecule has 4 heteroatoms. The van der Waals surface area contributed by atoms with Gasteiger partial charge in [0.15, 0.2) is 9.84 Å². The molecule has 0 saturated heterocycles. The van der Waals surface area contributed by atoms with Crippen LogP contribution in [0.4, 0.5) is 0 Å². The highest BCUT2D eigenvalue weighted by molar-refractivity contribution is 7.91. The summed E-state index contributed by atoms with van der Waals surface area (Å²) in [6.07, 6.45) is 0.498. The third-order valence-corrected chi connectivity index (χ3v) is 4.63. The molecule has 0 aliphatic rings. The van der Waals surface area contributed by atoms with E-state index in [0.717, 1.165) is 11.1 Å². The van der Waals surface area contributed by atoms with Gasteiger partial charge in [0.25, 0.3) is 0 Å². The molecule has 84 valence electrons. The van der Waals surface area contributed by atoms with E-state index >= 15 is 0 Å². The van der Waals surface area contributed by atoms with Crippen LogP contribution in [-0.2, 0) is 9.84 Å². The molecule has 0 fully saturated rings. The normalized spacial score (nSPS) is 11.7. The van der Waals surface area contributed by atoms with E-state index in [1.165, 1.54) is 0 Å². The summed E-state index contributed by atoms with van der Waals surface area (Å²) >= 11 is 5.51. The Kier molecular flexibility index (Phi) is 4.17. The van der Waals surface area contributed by atoms with E-state index in [1.807, 2.05) is 32.0 Å². The summed E-state index contributed by atoms with van der Waals surface area (Å²) in [4.78, 5) is 0.468. The van der Waals surface area contributed by atoms with E-state index < -0.39 is 9.84 Å². The number of hydrogen-bond donors (Lipinski definition) is 0. The molecule has 0 aromatic heterocycles. The molecule has 0 spiro atoms. The fourth-order valence-corrected chi connectivity index (χ4v) is 3.77. The van der Waals surface area contributed by atoms with Crippen molar-refractivity contribution in [3.63, 3.8) is 0 Å². The highest BCUT2D eigenvalue weighted by Crippen LogP contribution is 2.21. The summed E-state index contributed by atoms with van der Waals surface area (Å²) in [6.45, 7) is 3.64. The van der Waals surface area contributed by atoms with E-state index in [1.54, 1.807) is 0 Å². The first-order valence-corrected chi connectivity index (χ1v) is 7.02. The highest BCUT2D eigenvalue weighted by Gasteiger charge is 2.18. The zero-order valence-electron chi connectivity index (χ0n) is 8.96. The molecule has 0 saturated carbocycles. The van der Waals surface area contributed by atoms with Crippen LogP contribution in [-0.4, -0.2) is 20.1 Å². The number of rotatable bonds is 4. The van der Waals surface area contributed by atoms with Crippen molar-refractivity contribution >= 4 is 21.4 Å². The van der Waals surface area contributed by atoms with Gasteiger partial charge in [0.2, 0.25) is 0 Å². The Labute approximate surface area is 96.2 Å². The first-order valence-electron chi connectivity index (χ1n) is 4.84. The molecular weight excluding hydrogens is 232 g/mol. The molecule has 0 aliphatic heterocycles. The molecule has 0 aliphatic carbocycles. The quantitative estimate of drug-likeness (QED) is 0.766. The van der Waals surface area contributed by atoms with Crippen LogP contribution in [0.3, 0.4) is 0 Å². The summed E-state index contributed by atoms with van der Waals surface area (Å²) in [6, 6.07) is 5.51. The predicted octanol–water partition coefficient (Wildman–Crippen LogP) is 2.71. The lowest BCUT2D eigenvalue weighted by Gasteiger charge is -2.09. The minimum Gasteiger partial charge on any atom is -0.224 e. The zero-order valence-corrected chi connectivity index (χ0v) is 10.5. The van der Waals surface area contributed by atoms with Crippen LogP contribution in [0.1, 0.15) is 17.5 Å². The van der Waals surface area contributed by atoms with E-state index in [0.29, 0.717) is 17.2 Å². The number of benzene rings is 1. The Morgan fingerprint density at radius 3 is 2.20 bits per heavy atom. The van der Waals surface area contributed by atoms with Crippen LogP contribution in [0.15, 0.2) is 23.1 Å². The molecule has 0 N–H and O–H groups in total. The number of alkyl halides is 1. The Bertz CT molecular complexity index is 418. The molecule has 0 heterocycles. The van der Waals surface area contributed by atoms with Crippen molar-refractivity contribution in [3.8, 4) is 0 Å². The summed E-state index contributed by atoms with van der Waals surface area (Å²) < 4.78 is 23.9. The topological polar surface area (TPSA) is 34.1 Å². The molecule has 0 bridgehead atoms. The van der Waals surface area contributed by atoms with Gasteiger partial charge in [-0.25, -0.2) is 8.42 Å². The van der Waals surface area contributed by atoms with E-state index in [4.69, 9.17) is 11.6 Å². The second-order valence-electron chi connectivity index (χ2n) is 3.58. The van der Waals surface area contributed by atoms with Crippen molar-refractivity contribution in [2.75, 3.05) is 11.6 Å². The van der Waals surface area contributed by atoms with Gasteiger partial charge in [0.1, 0.15) is 0 Å². The minimum absolute atomic E-state index is 0.127. The maximum Gasteiger partial charge on any atom is 0.178 e. The second-order valence-corrected chi connectivity index (χ2v) is 6.01. The third-order valence-electron chi connectivity index (χ3n) is 2.27. The summed E-state index contributed by atoms with van der Waals surface area (Å²) in [7, 11) is -3.17. The predicted molar refractivity (Wildman–Crippen MR) is 63.3 cm³/mol. The standard InChI is InChI=1S/C11H15ClO2S/c1-9-5-3-6-10(2)11(9)15(13,14)8-4-7-12/h3,5-6H,4,7-8H2,1-2H3. The summed E-state index contributed by atoms with van der Waals surface area (Å²) in [5, 5.41) is 0. The molecule has 0 atom stereocenters. The maximum atomic E-state index is 12.0. The number of sulfone groups is 1. The van der Waals surface area contributed by atoms with Crippen LogP contribution in [0.5, 0.6) is 0 Å². The number of aryl methyl sites for hydroxylation is 2. The smallest absolute Gasteiger partial charge is 0.178 e. The van der Waals surface area contributed by atoms with Gasteiger partial charge in [-0.05, 0) is 31.4 Å². The van der Waals surface area contributed by atoms with Crippen molar-refractivity contribution in [1.82, 2.24) is 0 Å². The third kappa shape index (κ3) is 2.95. The average molecular weight is 247 g/mol. The molecule has 15 heavy (non-hydrogen) atoms. The van der Waals surface area contributed by atoms with Crippen LogP contribution >= 0.6 is 11.6 Å². The van der Waals surface area contributed by atoms with Gasteiger partial charge in [-0.3, -0.25) is 0 Å². The zero-order chi connectivity index (χ0) is 11.5. The fraction of sp³-hybridized carbons (Fsp3) is 0.455. The second kappa shape index (κ2) is 4.99. The van der Waals surface area contributed by atoms with E-state index in [2.05, 4.69) is 0 Å². The highest BCUT2D eigenvalue weighted by atomic mass is 35.5. The number of halogens is 1. The minimum atomic E-state index is -3.17. The van der Waals surface area contributed by atoms with Crippen molar-refractivity contribution < 1.29 is 8.42 Å². The van der Waals surface area contributed by atoms with Crippen LogP contribution in [0.25, 0.3) is 0 Å². The van der Waals surface area contributed by atoms with Gasteiger partial charge in [-0.2, -0.15) is 0 Å². The lowest BCUT2D eigenvalue weighted by molar-refractivity contribution is 0.593. The largest absolute Gasteiger partial charge is 0.224 e. The number of hydrogen-bond acceptors (Lipinski definition) is 2. The van der Waals surface area contributed by atoms with Gasteiger partial charge < -0.3 is 0 Å². The Balaban J connectivity index is 3.15. The van der Waals surface area contributed by atoms with Crippen molar-refractivity contribution in [1.29, 1.82) is 0 Å². The summed E-state index contributed by atoms with van der Waals surface area (Å²) in [5.41, 5.74) is 1.62. The van der Waals surface area contributed by atoms with Gasteiger partial charge in [-0.1, -0.05) is 18.2 Å². The van der Waals surface area contributed by atoms with Gasteiger partial charge in [0, 0.05) is 5.88 Å². The molecule has 2 nitrogen and oxygen atoms in total. The van der Waals surface area contributed by atoms with E-state index in [-0.39, 0.29) is 5.75 Å². The van der Waals surface area contributed by atoms with Crippen molar-refractivity contribution in [2.24, 2.45) is 0 Å². The van der Waals surface area contributed by atoms with Crippen LogP contribution in [0, 0.1) is 13.8 Å². The Hall–Kier alpha value is -0.540. The monoisotopic (exact) mass is 246 g/mol. The first kappa shape index (κ1) is 12.5. The molecule has 0 amide bonds. The Morgan fingerprint density at radius 1 is 1.20 bits per heavy atom. The van der Waals surface area contributed by atoms with Crippen molar-refractivity contribution in [2.45, 2.75) is 25.2 Å². The molecule has 0 radical (unpaired) electrons. The molecular formula is C11H15ClO2S. The van der Waals surface area contributed by atoms with Gasteiger partial charge in [-0.15, -0.1) is 11.6 Å². The lowest BCUT2D eigenvalue weighted by atomic mass is 10.2. The van der Waals surface area contributed by atoms with Crippen LogP contribution < -0.4 is 0 Å². The fourth-order valence-electron chi connectivity index (χ4n) is 1.64. The van der Waals surface area contributed by atoms with Gasteiger partial charge >= 0.3 is 0 Å². The summed E-state index contributed by atoms with van der Waals surface area (Å²) in [5.74, 6) is 0.506. The SMILES string of the molecule is Cc1cccc(C)c1S(=O)(=O)CCCCl. The molecule has 0 unspecified atom stereocenters. The maximum absolute atomic E-state index is 12.0. The average Bonchev–Trinajstić information content (AvgIpc) is 2.14. The lowest BCUT2D eigenvalue weighted by Crippen LogP contribution is -2.10. The van der Waals surface area contributed by atoms with Gasteiger partial charge in [0.05, 0.1) is 10.6 Å². The Morgan fingerprint density at radius 2 is 1.73 bits per heavy atom. The molecule has 1 aromatic carbocycles. The van der Waals surface area contributed by atoms with Crippen molar-refractivity contribution in [3.05, 3.63) is 29.3 Å².